The van der Waals surface area contributed by atoms with Gasteiger partial charge in [-0.15, -0.1) is 0 Å². The molecule has 0 fully saturated rings. The highest BCUT2D eigenvalue weighted by Crippen LogP contribution is 2.12. The van der Waals surface area contributed by atoms with Gasteiger partial charge in [-0.25, -0.2) is 15.0 Å². The molecule has 5 nitrogen and oxygen atoms in total. The number of aromatic nitrogens is 4. The topological polar surface area (TPSA) is 55.6 Å². The molecule has 1 unspecified atom stereocenters. The standard InChI is InChI=1S/C12H17N5/c1-3-17-8-7-14-11(17)9-10(13-2)12-15-5-4-6-16-12/h4-8,10,13H,3,9H2,1-2H3. The quantitative estimate of drug-likeness (QED) is 0.840. The van der Waals surface area contributed by atoms with E-state index in [1.54, 1.807) is 12.4 Å². The van der Waals surface area contributed by atoms with E-state index in [4.69, 9.17) is 0 Å². The summed E-state index contributed by atoms with van der Waals surface area (Å²) in [5, 5.41) is 3.23. The van der Waals surface area contributed by atoms with Crippen LogP contribution in [0.1, 0.15) is 24.6 Å². The molecular weight excluding hydrogens is 214 g/mol. The van der Waals surface area contributed by atoms with Crippen molar-refractivity contribution in [3.8, 4) is 0 Å². The smallest absolute Gasteiger partial charge is 0.145 e. The van der Waals surface area contributed by atoms with Crippen LogP contribution in [0.3, 0.4) is 0 Å². The van der Waals surface area contributed by atoms with Gasteiger partial charge in [-0.05, 0) is 20.0 Å². The fraction of sp³-hybridized carbons (Fsp3) is 0.417. The van der Waals surface area contributed by atoms with Crippen LogP contribution in [-0.2, 0) is 13.0 Å². The fourth-order valence-electron chi connectivity index (χ4n) is 1.81. The van der Waals surface area contributed by atoms with Gasteiger partial charge in [0.15, 0.2) is 0 Å². The van der Waals surface area contributed by atoms with Gasteiger partial charge in [0.25, 0.3) is 0 Å². The molecule has 90 valence electrons. The zero-order valence-corrected chi connectivity index (χ0v) is 10.2. The second-order valence-corrected chi connectivity index (χ2v) is 3.78. The second kappa shape index (κ2) is 5.54. The van der Waals surface area contributed by atoms with Crippen molar-refractivity contribution in [1.29, 1.82) is 0 Å². The normalized spacial score (nSPS) is 12.6. The van der Waals surface area contributed by atoms with E-state index in [0.29, 0.717) is 0 Å². The lowest BCUT2D eigenvalue weighted by molar-refractivity contribution is 0.527. The largest absolute Gasteiger partial charge is 0.335 e. The first-order chi connectivity index (χ1) is 8.35. The van der Waals surface area contributed by atoms with Crippen LogP contribution in [-0.4, -0.2) is 26.6 Å². The minimum absolute atomic E-state index is 0.101. The van der Waals surface area contributed by atoms with Crippen LogP contribution in [0.5, 0.6) is 0 Å². The summed E-state index contributed by atoms with van der Waals surface area (Å²) in [5.74, 6) is 1.86. The molecule has 0 aromatic carbocycles. The van der Waals surface area contributed by atoms with Gasteiger partial charge in [-0.2, -0.15) is 0 Å². The number of hydrogen-bond donors (Lipinski definition) is 1. The van der Waals surface area contributed by atoms with Crippen LogP contribution in [0, 0.1) is 0 Å². The van der Waals surface area contributed by atoms with E-state index < -0.39 is 0 Å². The average Bonchev–Trinajstić information content (AvgIpc) is 2.84. The van der Waals surface area contributed by atoms with Crippen LogP contribution < -0.4 is 5.32 Å². The van der Waals surface area contributed by atoms with Crippen LogP contribution in [0.25, 0.3) is 0 Å². The van der Waals surface area contributed by atoms with Gasteiger partial charge in [-0.1, -0.05) is 0 Å². The first-order valence-electron chi connectivity index (χ1n) is 5.79. The van der Waals surface area contributed by atoms with E-state index in [-0.39, 0.29) is 6.04 Å². The number of aryl methyl sites for hydroxylation is 1. The van der Waals surface area contributed by atoms with Crippen molar-refractivity contribution in [3.05, 3.63) is 42.5 Å². The van der Waals surface area contributed by atoms with Crippen LogP contribution in [0.4, 0.5) is 0 Å². The van der Waals surface area contributed by atoms with Crippen molar-refractivity contribution >= 4 is 0 Å². The molecule has 0 amide bonds. The first kappa shape index (κ1) is 11.7. The third-order valence-electron chi connectivity index (χ3n) is 2.77. The Morgan fingerprint density at radius 2 is 2.00 bits per heavy atom. The Bertz CT molecular complexity index is 451. The maximum atomic E-state index is 4.37. The van der Waals surface area contributed by atoms with Gasteiger partial charge in [0.05, 0.1) is 6.04 Å². The van der Waals surface area contributed by atoms with Gasteiger partial charge in [0, 0.05) is 37.8 Å². The van der Waals surface area contributed by atoms with Crippen molar-refractivity contribution in [2.24, 2.45) is 0 Å². The summed E-state index contributed by atoms with van der Waals surface area (Å²) in [6, 6.07) is 1.92. The Labute approximate surface area is 101 Å². The second-order valence-electron chi connectivity index (χ2n) is 3.78. The molecule has 0 aliphatic carbocycles. The molecule has 1 N–H and O–H groups in total. The van der Waals surface area contributed by atoms with E-state index in [0.717, 1.165) is 24.6 Å². The van der Waals surface area contributed by atoms with E-state index >= 15 is 0 Å². The van der Waals surface area contributed by atoms with E-state index in [1.165, 1.54) is 0 Å². The Morgan fingerprint density at radius 1 is 1.24 bits per heavy atom. The highest BCUT2D eigenvalue weighted by molar-refractivity contribution is 5.02. The van der Waals surface area contributed by atoms with E-state index in [9.17, 15) is 0 Å². The van der Waals surface area contributed by atoms with Gasteiger partial charge >= 0.3 is 0 Å². The Morgan fingerprint density at radius 3 is 2.65 bits per heavy atom. The molecule has 0 spiro atoms. The number of nitrogens with zero attached hydrogens (tertiary/aromatic N) is 4. The Balaban J connectivity index is 2.16. The molecule has 0 radical (unpaired) electrons. The number of hydrogen-bond acceptors (Lipinski definition) is 4. The molecule has 17 heavy (non-hydrogen) atoms. The Hall–Kier alpha value is -1.75. The van der Waals surface area contributed by atoms with E-state index in [2.05, 4.69) is 31.8 Å². The van der Waals surface area contributed by atoms with Gasteiger partial charge in [0.1, 0.15) is 11.6 Å². The molecule has 5 heteroatoms. The third-order valence-corrected chi connectivity index (χ3v) is 2.77. The number of rotatable bonds is 5. The van der Waals surface area contributed by atoms with Gasteiger partial charge in [-0.3, -0.25) is 0 Å². The maximum absolute atomic E-state index is 4.37. The summed E-state index contributed by atoms with van der Waals surface area (Å²) in [6.07, 6.45) is 8.14. The summed E-state index contributed by atoms with van der Waals surface area (Å²) < 4.78 is 2.13. The summed E-state index contributed by atoms with van der Waals surface area (Å²) in [7, 11) is 1.92. The molecular formula is C12H17N5. The molecule has 0 aliphatic rings. The molecule has 0 saturated carbocycles. The average molecular weight is 231 g/mol. The monoisotopic (exact) mass is 231 g/mol. The predicted octanol–water partition coefficient (Wildman–Crippen LogP) is 1.20. The maximum Gasteiger partial charge on any atom is 0.145 e. The van der Waals surface area contributed by atoms with Crippen molar-refractivity contribution in [3.63, 3.8) is 0 Å². The molecule has 0 bridgehead atoms. The van der Waals surface area contributed by atoms with E-state index in [1.807, 2.05) is 25.5 Å². The lowest BCUT2D eigenvalue weighted by atomic mass is 10.2. The number of imidazole rings is 1. The molecule has 1 atom stereocenters. The fourth-order valence-corrected chi connectivity index (χ4v) is 1.81. The molecule has 0 saturated heterocycles. The van der Waals surface area contributed by atoms with Gasteiger partial charge < -0.3 is 9.88 Å². The molecule has 2 aromatic heterocycles. The SMILES string of the molecule is CCn1ccnc1CC(NC)c1ncccn1. The summed E-state index contributed by atoms with van der Waals surface area (Å²) in [4.78, 5) is 12.9. The van der Waals surface area contributed by atoms with Crippen LogP contribution >= 0.6 is 0 Å². The lowest BCUT2D eigenvalue weighted by Crippen LogP contribution is -2.22. The van der Waals surface area contributed by atoms with Crippen LogP contribution in [0.2, 0.25) is 0 Å². The highest BCUT2D eigenvalue weighted by atomic mass is 15.1. The first-order valence-corrected chi connectivity index (χ1v) is 5.79. The van der Waals surface area contributed by atoms with Crippen molar-refractivity contribution < 1.29 is 0 Å². The molecule has 2 aromatic rings. The highest BCUT2D eigenvalue weighted by Gasteiger charge is 2.15. The minimum atomic E-state index is 0.101. The summed E-state index contributed by atoms with van der Waals surface area (Å²) >= 11 is 0. The zero-order valence-electron chi connectivity index (χ0n) is 10.2. The number of nitrogens with one attached hydrogen (secondary N) is 1. The summed E-state index contributed by atoms with van der Waals surface area (Å²) in [6.45, 7) is 3.04. The zero-order chi connectivity index (χ0) is 12.1. The van der Waals surface area contributed by atoms with Crippen LogP contribution in [0.15, 0.2) is 30.9 Å². The lowest BCUT2D eigenvalue weighted by Gasteiger charge is -2.14. The summed E-state index contributed by atoms with van der Waals surface area (Å²) in [5.41, 5.74) is 0. The van der Waals surface area contributed by atoms with Gasteiger partial charge in [0.2, 0.25) is 0 Å². The minimum Gasteiger partial charge on any atom is -0.335 e. The number of likely N-dealkylation sites (N-methyl/N-ethyl adjacent to an activating group) is 1. The Kier molecular flexibility index (Phi) is 3.82. The van der Waals surface area contributed by atoms with Crippen molar-refractivity contribution in [1.82, 2.24) is 24.8 Å². The van der Waals surface area contributed by atoms with Crippen molar-refractivity contribution in [2.45, 2.75) is 25.9 Å². The molecule has 2 rings (SSSR count). The molecule has 2 heterocycles. The van der Waals surface area contributed by atoms with Crippen molar-refractivity contribution in [2.75, 3.05) is 7.05 Å². The third kappa shape index (κ3) is 2.68. The molecule has 0 aliphatic heterocycles. The predicted molar refractivity (Wildman–Crippen MR) is 65.4 cm³/mol.